The SMILES string of the molecule is O=C(CCN1c2ccccc2Sc2ccccc21)NCc1ccc(CN(Cc2ccccn2)Cc2ccccn2)cc1. The van der Waals surface area contributed by atoms with E-state index >= 15 is 0 Å². The molecule has 0 bridgehead atoms. The van der Waals surface area contributed by atoms with E-state index < -0.39 is 0 Å². The van der Waals surface area contributed by atoms with E-state index in [0.29, 0.717) is 19.5 Å². The maximum Gasteiger partial charge on any atom is 0.222 e. The number of nitrogens with zero attached hydrogens (tertiary/aromatic N) is 4. The van der Waals surface area contributed by atoms with Crippen molar-refractivity contribution < 1.29 is 4.79 Å². The highest BCUT2D eigenvalue weighted by Crippen LogP contribution is 2.47. The Morgan fingerprint density at radius 3 is 1.79 bits per heavy atom. The molecule has 0 spiro atoms. The number of carbonyl (C=O) groups is 1. The number of rotatable bonds is 11. The van der Waals surface area contributed by atoms with Crippen molar-refractivity contribution in [3.8, 4) is 0 Å². The first-order valence-electron chi connectivity index (χ1n) is 14.2. The Labute approximate surface area is 251 Å². The third-order valence-corrected chi connectivity index (χ3v) is 8.37. The first-order valence-corrected chi connectivity index (χ1v) is 15.0. The molecule has 7 heteroatoms. The minimum Gasteiger partial charge on any atom is -0.352 e. The number of amides is 1. The summed E-state index contributed by atoms with van der Waals surface area (Å²) in [7, 11) is 0. The highest BCUT2D eigenvalue weighted by Gasteiger charge is 2.23. The fourth-order valence-electron chi connectivity index (χ4n) is 5.15. The van der Waals surface area contributed by atoms with Crippen molar-refractivity contribution in [3.05, 3.63) is 144 Å². The van der Waals surface area contributed by atoms with E-state index in [9.17, 15) is 4.79 Å². The Hall–Kier alpha value is -4.46. The van der Waals surface area contributed by atoms with Crippen LogP contribution in [-0.2, 0) is 31.0 Å². The quantitative estimate of drug-likeness (QED) is 0.184. The van der Waals surface area contributed by atoms with Crippen molar-refractivity contribution in [3.63, 3.8) is 0 Å². The van der Waals surface area contributed by atoms with Gasteiger partial charge in [-0.3, -0.25) is 19.7 Å². The van der Waals surface area contributed by atoms with Crippen LogP contribution in [0.5, 0.6) is 0 Å². The fourth-order valence-corrected chi connectivity index (χ4v) is 6.25. The molecule has 3 heterocycles. The van der Waals surface area contributed by atoms with Gasteiger partial charge in [0.2, 0.25) is 5.91 Å². The van der Waals surface area contributed by atoms with Gasteiger partial charge in [-0.25, -0.2) is 0 Å². The van der Waals surface area contributed by atoms with Gasteiger partial charge in [0.05, 0.1) is 22.8 Å². The maximum atomic E-state index is 12.9. The number of aromatic nitrogens is 2. The first-order chi connectivity index (χ1) is 20.7. The van der Waals surface area contributed by atoms with Crippen LogP contribution in [0.25, 0.3) is 0 Å². The molecule has 3 aromatic carbocycles. The molecule has 1 amide bonds. The minimum absolute atomic E-state index is 0.0455. The molecule has 6 rings (SSSR count). The lowest BCUT2D eigenvalue weighted by molar-refractivity contribution is -0.121. The fraction of sp³-hybridized carbons (Fsp3) is 0.171. The van der Waals surface area contributed by atoms with E-state index in [1.54, 1.807) is 11.8 Å². The van der Waals surface area contributed by atoms with Crippen LogP contribution in [0, 0.1) is 0 Å². The van der Waals surface area contributed by atoms with Crippen molar-refractivity contribution in [1.82, 2.24) is 20.2 Å². The summed E-state index contributed by atoms with van der Waals surface area (Å²) in [6, 6.07) is 37.3. The highest BCUT2D eigenvalue weighted by atomic mass is 32.2. The van der Waals surface area contributed by atoms with Gasteiger partial charge in [0.15, 0.2) is 0 Å². The average molecular weight is 572 g/mol. The molecule has 0 unspecified atom stereocenters. The van der Waals surface area contributed by atoms with Gasteiger partial charge in [-0.1, -0.05) is 72.4 Å². The molecular weight excluding hydrogens is 538 g/mol. The summed E-state index contributed by atoms with van der Waals surface area (Å²) in [6.45, 7) is 3.38. The van der Waals surface area contributed by atoms with Crippen LogP contribution in [0.2, 0.25) is 0 Å². The first kappa shape index (κ1) is 27.7. The summed E-state index contributed by atoms with van der Waals surface area (Å²) in [5.74, 6) is 0.0455. The van der Waals surface area contributed by atoms with Crippen LogP contribution in [-0.4, -0.2) is 27.3 Å². The van der Waals surface area contributed by atoms with Gasteiger partial charge >= 0.3 is 0 Å². The second-order valence-corrected chi connectivity index (χ2v) is 11.4. The van der Waals surface area contributed by atoms with Crippen LogP contribution < -0.4 is 10.2 Å². The summed E-state index contributed by atoms with van der Waals surface area (Å²) in [5.41, 5.74) is 6.66. The summed E-state index contributed by atoms with van der Waals surface area (Å²) < 4.78 is 0. The Morgan fingerprint density at radius 1 is 0.667 bits per heavy atom. The monoisotopic (exact) mass is 571 g/mol. The lowest BCUT2D eigenvalue weighted by Crippen LogP contribution is -2.29. The van der Waals surface area contributed by atoms with Crippen LogP contribution in [0.1, 0.15) is 28.9 Å². The minimum atomic E-state index is 0.0455. The molecule has 42 heavy (non-hydrogen) atoms. The number of anilines is 2. The zero-order chi connectivity index (χ0) is 28.6. The smallest absolute Gasteiger partial charge is 0.222 e. The molecule has 1 aliphatic heterocycles. The van der Waals surface area contributed by atoms with Crippen molar-refractivity contribution >= 4 is 29.0 Å². The molecule has 0 atom stereocenters. The predicted molar refractivity (Wildman–Crippen MR) is 168 cm³/mol. The number of fused-ring (bicyclic) bond motifs is 2. The lowest BCUT2D eigenvalue weighted by atomic mass is 10.1. The standard InChI is InChI=1S/C35H33N5OS/c41-35(19-22-40-31-11-1-3-13-33(31)42-34-14-4-2-12-32(34)40)38-23-27-15-17-28(18-16-27)24-39(25-29-9-5-7-20-36-29)26-30-10-6-8-21-37-30/h1-18,20-21H,19,22-26H2,(H,38,41). The third-order valence-electron chi connectivity index (χ3n) is 7.24. The largest absolute Gasteiger partial charge is 0.352 e. The zero-order valence-corrected chi connectivity index (χ0v) is 24.2. The van der Waals surface area contributed by atoms with Gasteiger partial charge in [-0.15, -0.1) is 0 Å². The third kappa shape index (κ3) is 7.05. The van der Waals surface area contributed by atoms with Gasteiger partial charge in [0.1, 0.15) is 0 Å². The molecule has 0 radical (unpaired) electrons. The Morgan fingerprint density at radius 2 is 1.21 bits per heavy atom. The number of nitrogens with one attached hydrogen (secondary N) is 1. The van der Waals surface area contributed by atoms with E-state index in [1.165, 1.54) is 15.4 Å². The number of hydrogen-bond donors (Lipinski definition) is 1. The van der Waals surface area contributed by atoms with E-state index in [2.05, 4.69) is 110 Å². The predicted octanol–water partition coefficient (Wildman–Crippen LogP) is 6.99. The van der Waals surface area contributed by atoms with Gasteiger partial charge in [0, 0.05) is 61.3 Å². The van der Waals surface area contributed by atoms with Crippen LogP contribution in [0.15, 0.2) is 131 Å². The Balaban J connectivity index is 1.04. The number of benzene rings is 3. The van der Waals surface area contributed by atoms with Crippen LogP contribution in [0.3, 0.4) is 0 Å². The van der Waals surface area contributed by atoms with Crippen molar-refractivity contribution in [2.45, 2.75) is 42.4 Å². The number of carbonyl (C=O) groups excluding carboxylic acids is 1. The van der Waals surface area contributed by atoms with Gasteiger partial charge in [0.25, 0.3) is 0 Å². The second kappa shape index (κ2) is 13.5. The van der Waals surface area contributed by atoms with E-state index in [1.807, 2.05) is 36.7 Å². The molecule has 2 aromatic heterocycles. The van der Waals surface area contributed by atoms with Crippen molar-refractivity contribution in [2.75, 3.05) is 11.4 Å². The van der Waals surface area contributed by atoms with Gasteiger partial charge < -0.3 is 10.2 Å². The van der Waals surface area contributed by atoms with Gasteiger partial charge in [-0.05, 0) is 59.7 Å². The zero-order valence-electron chi connectivity index (χ0n) is 23.4. The topological polar surface area (TPSA) is 61.4 Å². The average Bonchev–Trinajstić information content (AvgIpc) is 3.03. The summed E-state index contributed by atoms with van der Waals surface area (Å²) in [5, 5.41) is 3.11. The molecular formula is C35H33N5OS. The molecule has 5 aromatic rings. The molecule has 0 aliphatic carbocycles. The number of para-hydroxylation sites is 2. The van der Waals surface area contributed by atoms with Crippen LogP contribution in [0.4, 0.5) is 11.4 Å². The normalized spacial score (nSPS) is 12.1. The number of hydrogen-bond acceptors (Lipinski definition) is 6. The number of pyridine rings is 2. The molecule has 0 saturated carbocycles. The maximum absolute atomic E-state index is 12.9. The highest BCUT2D eigenvalue weighted by molar-refractivity contribution is 7.99. The molecule has 1 aliphatic rings. The van der Waals surface area contributed by atoms with Gasteiger partial charge in [-0.2, -0.15) is 0 Å². The second-order valence-electron chi connectivity index (χ2n) is 10.3. The summed E-state index contributed by atoms with van der Waals surface area (Å²) in [4.78, 5) is 29.0. The molecule has 0 fully saturated rings. The van der Waals surface area contributed by atoms with E-state index in [-0.39, 0.29) is 5.91 Å². The molecule has 210 valence electrons. The van der Waals surface area contributed by atoms with E-state index in [0.717, 1.165) is 48.0 Å². The molecule has 6 nitrogen and oxygen atoms in total. The summed E-state index contributed by atoms with van der Waals surface area (Å²) in [6.07, 6.45) is 4.09. The summed E-state index contributed by atoms with van der Waals surface area (Å²) >= 11 is 1.78. The Bertz CT molecular complexity index is 1530. The van der Waals surface area contributed by atoms with Crippen LogP contribution >= 0.6 is 11.8 Å². The van der Waals surface area contributed by atoms with Crippen molar-refractivity contribution in [2.24, 2.45) is 0 Å². The Kier molecular flexibility index (Phi) is 8.88. The molecule has 1 N–H and O–H groups in total. The van der Waals surface area contributed by atoms with E-state index in [4.69, 9.17) is 0 Å². The lowest BCUT2D eigenvalue weighted by Gasteiger charge is -2.32. The van der Waals surface area contributed by atoms with Crippen molar-refractivity contribution in [1.29, 1.82) is 0 Å². The molecule has 0 saturated heterocycles.